The molecule has 3 aliphatic rings. The molecule has 0 bridgehead atoms. The highest BCUT2D eigenvalue weighted by Crippen LogP contribution is 2.64. The Morgan fingerprint density at radius 3 is 2.62 bits per heavy atom. The Kier molecular flexibility index (Phi) is 3.95. The number of hydrogen-bond donors (Lipinski definition) is 0. The second-order valence-corrected chi connectivity index (χ2v) is 9.88. The maximum Gasteiger partial charge on any atom is 0.338 e. The molecule has 2 saturated carbocycles. The molecule has 2 aliphatic carbocycles. The van der Waals surface area contributed by atoms with E-state index in [-0.39, 0.29) is 17.0 Å². The molecule has 0 unspecified atom stereocenters. The maximum atomic E-state index is 12.3. The van der Waals surface area contributed by atoms with Crippen molar-refractivity contribution in [1.82, 2.24) is 0 Å². The van der Waals surface area contributed by atoms with Crippen LogP contribution >= 0.6 is 0 Å². The molecule has 1 heterocycles. The van der Waals surface area contributed by atoms with Crippen LogP contribution in [0.25, 0.3) is 0 Å². The SMILES string of the molecule is COC(=O)c1cccc2c1C[C@@H]1[C@@]3(C)CCCC(C)(C)[C@@H]3CC[C@@]1(C)O2. The molecule has 26 heavy (non-hydrogen) atoms. The van der Waals surface area contributed by atoms with E-state index in [0.717, 1.165) is 30.1 Å². The summed E-state index contributed by atoms with van der Waals surface area (Å²) in [7, 11) is 1.46. The Labute approximate surface area is 157 Å². The molecule has 0 saturated heterocycles. The van der Waals surface area contributed by atoms with Crippen molar-refractivity contribution >= 4 is 5.97 Å². The van der Waals surface area contributed by atoms with Crippen molar-refractivity contribution in [2.24, 2.45) is 22.7 Å². The summed E-state index contributed by atoms with van der Waals surface area (Å²) in [4.78, 5) is 12.3. The van der Waals surface area contributed by atoms with Crippen LogP contribution in [-0.2, 0) is 11.2 Å². The molecule has 0 aromatic heterocycles. The van der Waals surface area contributed by atoms with Gasteiger partial charge in [-0.15, -0.1) is 0 Å². The first-order chi connectivity index (χ1) is 12.2. The van der Waals surface area contributed by atoms with Gasteiger partial charge in [0.15, 0.2) is 0 Å². The Bertz CT molecular complexity index is 737. The molecule has 3 heteroatoms. The number of carbonyl (C=O) groups excluding carboxylic acids is 1. The molecule has 2 fully saturated rings. The molecular formula is C23H32O3. The third-order valence-electron chi connectivity index (χ3n) is 8.03. The number of benzene rings is 1. The lowest BCUT2D eigenvalue weighted by molar-refractivity contribution is -0.162. The monoisotopic (exact) mass is 356 g/mol. The van der Waals surface area contributed by atoms with E-state index in [1.54, 1.807) is 0 Å². The van der Waals surface area contributed by atoms with Gasteiger partial charge in [0.25, 0.3) is 0 Å². The summed E-state index contributed by atoms with van der Waals surface area (Å²) in [6.45, 7) is 9.70. The number of hydrogen-bond acceptors (Lipinski definition) is 3. The van der Waals surface area contributed by atoms with E-state index >= 15 is 0 Å². The van der Waals surface area contributed by atoms with Crippen LogP contribution in [0.2, 0.25) is 0 Å². The van der Waals surface area contributed by atoms with Crippen LogP contribution in [0.3, 0.4) is 0 Å². The number of carbonyl (C=O) groups is 1. The predicted octanol–water partition coefficient (Wildman–Crippen LogP) is 5.41. The van der Waals surface area contributed by atoms with Crippen molar-refractivity contribution in [3.8, 4) is 5.75 Å². The summed E-state index contributed by atoms with van der Waals surface area (Å²) in [5.41, 5.74) is 2.23. The van der Waals surface area contributed by atoms with Crippen LogP contribution in [0.1, 0.15) is 75.7 Å². The summed E-state index contributed by atoms with van der Waals surface area (Å²) in [6.07, 6.45) is 7.13. The first-order valence-electron chi connectivity index (χ1n) is 10.1. The maximum absolute atomic E-state index is 12.3. The number of methoxy groups -OCH3 is 1. The first kappa shape index (κ1) is 17.9. The zero-order chi connectivity index (χ0) is 18.7. The summed E-state index contributed by atoms with van der Waals surface area (Å²) >= 11 is 0. The van der Waals surface area contributed by atoms with Gasteiger partial charge in [-0.25, -0.2) is 4.79 Å². The van der Waals surface area contributed by atoms with Gasteiger partial charge in [0.2, 0.25) is 0 Å². The van der Waals surface area contributed by atoms with E-state index in [0.29, 0.717) is 16.9 Å². The molecule has 0 N–H and O–H groups in total. The van der Waals surface area contributed by atoms with Crippen LogP contribution in [0.4, 0.5) is 0 Å². The third kappa shape index (κ3) is 2.42. The van der Waals surface area contributed by atoms with E-state index in [9.17, 15) is 4.79 Å². The highest BCUT2D eigenvalue weighted by atomic mass is 16.5. The molecule has 4 rings (SSSR count). The van der Waals surface area contributed by atoms with E-state index in [2.05, 4.69) is 27.7 Å². The average molecular weight is 357 g/mol. The lowest BCUT2D eigenvalue weighted by atomic mass is 9.44. The number of fused-ring (bicyclic) bond motifs is 4. The minimum Gasteiger partial charge on any atom is -0.487 e. The average Bonchev–Trinajstić information content (AvgIpc) is 2.58. The summed E-state index contributed by atoms with van der Waals surface area (Å²) in [5, 5.41) is 0. The van der Waals surface area contributed by atoms with Crippen molar-refractivity contribution in [1.29, 1.82) is 0 Å². The van der Waals surface area contributed by atoms with Crippen LogP contribution in [-0.4, -0.2) is 18.7 Å². The Hall–Kier alpha value is -1.51. The van der Waals surface area contributed by atoms with Crippen molar-refractivity contribution in [2.45, 2.75) is 71.8 Å². The second kappa shape index (κ2) is 5.74. The first-order valence-corrected chi connectivity index (χ1v) is 10.1. The van der Waals surface area contributed by atoms with Gasteiger partial charge in [0.1, 0.15) is 11.4 Å². The smallest absolute Gasteiger partial charge is 0.338 e. The fourth-order valence-corrected chi connectivity index (χ4v) is 6.81. The summed E-state index contributed by atoms with van der Waals surface area (Å²) in [6, 6.07) is 5.80. The summed E-state index contributed by atoms with van der Waals surface area (Å²) in [5.74, 6) is 1.78. The van der Waals surface area contributed by atoms with Gasteiger partial charge in [-0.05, 0) is 67.9 Å². The fourth-order valence-electron chi connectivity index (χ4n) is 6.81. The molecule has 0 radical (unpaired) electrons. The van der Waals surface area contributed by atoms with Gasteiger partial charge < -0.3 is 9.47 Å². The second-order valence-electron chi connectivity index (χ2n) is 9.88. The lowest BCUT2D eigenvalue weighted by Crippen LogP contribution is -2.61. The molecule has 0 spiro atoms. The van der Waals surface area contributed by atoms with Gasteiger partial charge in [-0.3, -0.25) is 0 Å². The zero-order valence-electron chi connectivity index (χ0n) is 16.9. The molecule has 3 nitrogen and oxygen atoms in total. The van der Waals surface area contributed by atoms with E-state index in [4.69, 9.17) is 9.47 Å². The number of esters is 1. The predicted molar refractivity (Wildman–Crippen MR) is 102 cm³/mol. The van der Waals surface area contributed by atoms with Gasteiger partial charge in [0, 0.05) is 11.5 Å². The van der Waals surface area contributed by atoms with Crippen LogP contribution in [0.15, 0.2) is 18.2 Å². The number of rotatable bonds is 1. The van der Waals surface area contributed by atoms with E-state index < -0.39 is 0 Å². The van der Waals surface area contributed by atoms with Gasteiger partial charge >= 0.3 is 5.97 Å². The van der Waals surface area contributed by atoms with Gasteiger partial charge in [-0.2, -0.15) is 0 Å². The van der Waals surface area contributed by atoms with E-state index in [1.807, 2.05) is 18.2 Å². The standard InChI is InChI=1S/C23H32O3/c1-21(2)11-7-12-22(3)18(21)10-13-23(4)19(22)14-16-15(20(24)25-5)8-6-9-17(16)26-23/h6,8-9,18-19H,7,10-14H2,1-5H3/t18-,19+,22-,23+/m0/s1. The lowest BCUT2D eigenvalue weighted by Gasteiger charge is -2.63. The minimum atomic E-state index is -0.254. The largest absolute Gasteiger partial charge is 0.487 e. The summed E-state index contributed by atoms with van der Waals surface area (Å²) < 4.78 is 11.7. The van der Waals surface area contributed by atoms with Crippen molar-refractivity contribution in [3.63, 3.8) is 0 Å². The van der Waals surface area contributed by atoms with Gasteiger partial charge in [-0.1, -0.05) is 33.3 Å². The molecule has 1 aromatic carbocycles. The molecule has 142 valence electrons. The van der Waals surface area contributed by atoms with Crippen molar-refractivity contribution in [3.05, 3.63) is 29.3 Å². The normalized spacial score (nSPS) is 37.6. The van der Waals surface area contributed by atoms with Crippen LogP contribution < -0.4 is 4.74 Å². The van der Waals surface area contributed by atoms with E-state index in [1.165, 1.54) is 32.8 Å². The fraction of sp³-hybridized carbons (Fsp3) is 0.696. The van der Waals surface area contributed by atoms with Crippen molar-refractivity contribution in [2.75, 3.05) is 7.11 Å². The molecule has 1 aliphatic heterocycles. The quantitative estimate of drug-likeness (QED) is 0.631. The third-order valence-corrected chi connectivity index (χ3v) is 8.03. The Morgan fingerprint density at radius 2 is 1.88 bits per heavy atom. The molecule has 1 aromatic rings. The van der Waals surface area contributed by atoms with Crippen LogP contribution in [0, 0.1) is 22.7 Å². The molecular weight excluding hydrogens is 324 g/mol. The highest BCUT2D eigenvalue weighted by Gasteiger charge is 2.60. The van der Waals surface area contributed by atoms with Gasteiger partial charge in [0.05, 0.1) is 12.7 Å². The molecule has 4 atom stereocenters. The highest BCUT2D eigenvalue weighted by molar-refractivity contribution is 5.92. The topological polar surface area (TPSA) is 35.5 Å². The minimum absolute atomic E-state index is 0.138. The Morgan fingerprint density at radius 1 is 1.12 bits per heavy atom. The Balaban J connectivity index is 1.79. The zero-order valence-corrected chi connectivity index (χ0v) is 16.9. The van der Waals surface area contributed by atoms with Crippen LogP contribution in [0.5, 0.6) is 5.75 Å². The number of ether oxygens (including phenoxy) is 2. The molecule has 0 amide bonds. The van der Waals surface area contributed by atoms with Crippen molar-refractivity contribution < 1.29 is 14.3 Å².